The predicted octanol–water partition coefficient (Wildman–Crippen LogP) is 1.73. The number of rotatable bonds is 4. The van der Waals surface area contributed by atoms with Gasteiger partial charge in [0.25, 0.3) is 0 Å². The number of aromatic nitrogens is 2. The van der Waals surface area contributed by atoms with Gasteiger partial charge in [-0.3, -0.25) is 9.48 Å². The van der Waals surface area contributed by atoms with Crippen molar-refractivity contribution >= 4 is 12.0 Å². The third-order valence-electron chi connectivity index (χ3n) is 3.99. The lowest BCUT2D eigenvalue weighted by molar-refractivity contribution is -0.126. The van der Waals surface area contributed by atoms with Gasteiger partial charge in [0.05, 0.1) is 6.20 Å². The number of nitrogens with zero attached hydrogens (tertiary/aromatic N) is 3. The molecule has 134 valence electrons. The van der Waals surface area contributed by atoms with E-state index in [9.17, 15) is 9.59 Å². The standard InChI is InChI=1S/C17H28N4O3/c1-17(2,3)24-16(23)21-9-6-14(7-10-21)15(22)18-8-5-13-11-19-20(4)12-13/h11-12,14H,5-10H2,1-4H3,(H,18,22). The summed E-state index contributed by atoms with van der Waals surface area (Å²) in [6.07, 6.45) is 5.60. The maximum absolute atomic E-state index is 12.2. The number of carbonyl (C=O) groups excluding carboxylic acids is 2. The highest BCUT2D eigenvalue weighted by atomic mass is 16.6. The first-order valence-electron chi connectivity index (χ1n) is 8.48. The predicted molar refractivity (Wildman–Crippen MR) is 90.5 cm³/mol. The summed E-state index contributed by atoms with van der Waals surface area (Å²) in [7, 11) is 1.88. The average Bonchev–Trinajstić information content (AvgIpc) is 2.91. The molecule has 1 aliphatic heterocycles. The van der Waals surface area contributed by atoms with E-state index in [-0.39, 0.29) is 17.9 Å². The van der Waals surface area contributed by atoms with Crippen LogP contribution in [-0.4, -0.2) is 51.9 Å². The summed E-state index contributed by atoms with van der Waals surface area (Å²) < 4.78 is 7.12. The number of aryl methyl sites for hydroxylation is 1. The van der Waals surface area contributed by atoms with Crippen LogP contribution in [0.15, 0.2) is 12.4 Å². The van der Waals surface area contributed by atoms with Gasteiger partial charge in [-0.2, -0.15) is 5.10 Å². The van der Waals surface area contributed by atoms with Crippen molar-refractivity contribution in [2.75, 3.05) is 19.6 Å². The molecule has 24 heavy (non-hydrogen) atoms. The van der Waals surface area contributed by atoms with Crippen molar-refractivity contribution in [3.63, 3.8) is 0 Å². The molecule has 2 amide bonds. The first-order valence-corrected chi connectivity index (χ1v) is 8.48. The van der Waals surface area contributed by atoms with Crippen molar-refractivity contribution in [2.45, 2.75) is 45.6 Å². The maximum Gasteiger partial charge on any atom is 0.410 e. The summed E-state index contributed by atoms with van der Waals surface area (Å²) >= 11 is 0. The van der Waals surface area contributed by atoms with Gasteiger partial charge in [-0.15, -0.1) is 0 Å². The lowest BCUT2D eigenvalue weighted by atomic mass is 9.96. The van der Waals surface area contributed by atoms with Crippen LogP contribution < -0.4 is 5.32 Å². The molecule has 1 fully saturated rings. The van der Waals surface area contributed by atoms with Crippen LogP contribution in [0.2, 0.25) is 0 Å². The highest BCUT2D eigenvalue weighted by Gasteiger charge is 2.29. The summed E-state index contributed by atoms with van der Waals surface area (Å²) in [5.74, 6) is 0.0420. The first kappa shape index (κ1) is 18.3. The Morgan fingerprint density at radius 1 is 1.33 bits per heavy atom. The lowest BCUT2D eigenvalue weighted by Gasteiger charge is -2.32. The second-order valence-electron chi connectivity index (χ2n) is 7.30. The van der Waals surface area contributed by atoms with Crippen LogP contribution in [0.5, 0.6) is 0 Å². The Balaban J connectivity index is 1.69. The van der Waals surface area contributed by atoms with Gasteiger partial charge in [-0.25, -0.2) is 4.79 Å². The van der Waals surface area contributed by atoms with E-state index in [4.69, 9.17) is 4.74 Å². The normalized spacial score (nSPS) is 16.1. The Bertz CT molecular complexity index is 569. The number of nitrogens with one attached hydrogen (secondary N) is 1. The van der Waals surface area contributed by atoms with E-state index in [0.29, 0.717) is 32.5 Å². The Hall–Kier alpha value is -2.05. The van der Waals surface area contributed by atoms with E-state index in [2.05, 4.69) is 10.4 Å². The Kier molecular flexibility index (Phi) is 5.85. The fourth-order valence-electron chi connectivity index (χ4n) is 2.73. The summed E-state index contributed by atoms with van der Waals surface area (Å²) in [5.41, 5.74) is 0.620. The molecule has 1 aromatic rings. The van der Waals surface area contributed by atoms with Gasteiger partial charge in [0.2, 0.25) is 5.91 Å². The number of amides is 2. The highest BCUT2D eigenvalue weighted by molar-refractivity contribution is 5.79. The smallest absolute Gasteiger partial charge is 0.410 e. The van der Waals surface area contributed by atoms with Crippen molar-refractivity contribution in [3.05, 3.63) is 18.0 Å². The first-order chi connectivity index (χ1) is 11.2. The minimum absolute atomic E-state index is 0.0300. The molecule has 0 unspecified atom stereocenters. The van der Waals surface area contributed by atoms with Crippen molar-refractivity contribution < 1.29 is 14.3 Å². The van der Waals surface area contributed by atoms with E-state index in [1.165, 1.54) is 0 Å². The van der Waals surface area contributed by atoms with E-state index < -0.39 is 5.60 Å². The zero-order valence-electron chi connectivity index (χ0n) is 15.0. The molecule has 0 radical (unpaired) electrons. The van der Waals surface area contributed by atoms with Crippen LogP contribution in [0.25, 0.3) is 0 Å². The van der Waals surface area contributed by atoms with Crippen LogP contribution in [0.4, 0.5) is 4.79 Å². The molecule has 0 aliphatic carbocycles. The van der Waals surface area contributed by atoms with Crippen LogP contribution in [0, 0.1) is 5.92 Å². The molecule has 2 heterocycles. The number of ether oxygens (including phenoxy) is 1. The van der Waals surface area contributed by atoms with Gasteiger partial charge < -0.3 is 15.0 Å². The second-order valence-corrected chi connectivity index (χ2v) is 7.30. The van der Waals surface area contributed by atoms with Crippen LogP contribution in [0.3, 0.4) is 0 Å². The van der Waals surface area contributed by atoms with Gasteiger partial charge in [-0.05, 0) is 45.6 Å². The van der Waals surface area contributed by atoms with Crippen molar-refractivity contribution in [2.24, 2.45) is 13.0 Å². The molecule has 0 saturated carbocycles. The molecule has 7 heteroatoms. The van der Waals surface area contributed by atoms with Crippen LogP contribution in [0.1, 0.15) is 39.2 Å². The highest BCUT2D eigenvalue weighted by Crippen LogP contribution is 2.19. The summed E-state index contributed by atoms with van der Waals surface area (Å²) in [5, 5.41) is 7.09. The largest absolute Gasteiger partial charge is 0.444 e. The van der Waals surface area contributed by atoms with E-state index >= 15 is 0 Å². The quantitative estimate of drug-likeness (QED) is 0.908. The number of carbonyl (C=O) groups is 2. The van der Waals surface area contributed by atoms with Crippen LogP contribution >= 0.6 is 0 Å². The van der Waals surface area contributed by atoms with Crippen molar-refractivity contribution in [3.8, 4) is 0 Å². The van der Waals surface area contributed by atoms with Gasteiger partial charge in [0.1, 0.15) is 5.60 Å². The Labute approximate surface area is 143 Å². The number of likely N-dealkylation sites (tertiary alicyclic amines) is 1. The fourth-order valence-corrected chi connectivity index (χ4v) is 2.73. The molecule has 0 spiro atoms. The third-order valence-corrected chi connectivity index (χ3v) is 3.99. The van der Waals surface area contributed by atoms with Crippen molar-refractivity contribution in [1.29, 1.82) is 0 Å². The molecule has 0 bridgehead atoms. The van der Waals surface area contributed by atoms with E-state index in [1.54, 1.807) is 9.58 Å². The monoisotopic (exact) mass is 336 g/mol. The van der Waals surface area contributed by atoms with Gasteiger partial charge >= 0.3 is 6.09 Å². The van der Waals surface area contributed by atoms with Crippen molar-refractivity contribution in [1.82, 2.24) is 20.0 Å². The molecular weight excluding hydrogens is 308 g/mol. The van der Waals surface area contributed by atoms with E-state index in [1.807, 2.05) is 40.2 Å². The SMILES string of the molecule is Cn1cc(CCNC(=O)C2CCN(C(=O)OC(C)(C)C)CC2)cn1. The van der Waals surface area contributed by atoms with Gasteiger partial charge in [-0.1, -0.05) is 0 Å². The molecule has 1 aromatic heterocycles. The topological polar surface area (TPSA) is 76.5 Å². The molecule has 2 rings (SSSR count). The summed E-state index contributed by atoms with van der Waals surface area (Å²) in [4.78, 5) is 25.9. The van der Waals surface area contributed by atoms with Crippen LogP contribution in [-0.2, 0) is 23.0 Å². The maximum atomic E-state index is 12.2. The fraction of sp³-hybridized carbons (Fsp3) is 0.706. The van der Waals surface area contributed by atoms with Gasteiger partial charge in [0, 0.05) is 38.8 Å². The Morgan fingerprint density at radius 2 is 2.00 bits per heavy atom. The zero-order valence-corrected chi connectivity index (χ0v) is 15.0. The Morgan fingerprint density at radius 3 is 2.54 bits per heavy atom. The molecule has 1 aliphatic rings. The minimum Gasteiger partial charge on any atom is -0.444 e. The molecule has 0 atom stereocenters. The second kappa shape index (κ2) is 7.68. The summed E-state index contributed by atoms with van der Waals surface area (Å²) in [6.45, 7) is 7.30. The number of hydrogen-bond acceptors (Lipinski definition) is 4. The molecule has 1 N–H and O–H groups in total. The van der Waals surface area contributed by atoms with E-state index in [0.717, 1.165) is 12.0 Å². The summed E-state index contributed by atoms with van der Waals surface area (Å²) in [6, 6.07) is 0. The third kappa shape index (κ3) is 5.54. The lowest BCUT2D eigenvalue weighted by Crippen LogP contribution is -2.45. The molecular formula is C17H28N4O3. The molecule has 1 saturated heterocycles. The average molecular weight is 336 g/mol. The molecule has 0 aromatic carbocycles. The van der Waals surface area contributed by atoms with Gasteiger partial charge in [0.15, 0.2) is 0 Å². The number of piperidine rings is 1. The molecule has 7 nitrogen and oxygen atoms in total. The number of hydrogen-bond donors (Lipinski definition) is 1. The zero-order chi connectivity index (χ0) is 17.7. The minimum atomic E-state index is -0.488.